The molecule has 0 radical (unpaired) electrons. The van der Waals surface area contributed by atoms with E-state index >= 15 is 0 Å². The van der Waals surface area contributed by atoms with Crippen molar-refractivity contribution >= 4 is 16.9 Å². The highest BCUT2D eigenvalue weighted by molar-refractivity contribution is 5.94. The highest BCUT2D eigenvalue weighted by atomic mass is 16.5. The first-order chi connectivity index (χ1) is 7.76. The largest absolute Gasteiger partial charge is 0.465 e. The van der Waals surface area contributed by atoms with Crippen molar-refractivity contribution < 1.29 is 9.53 Å². The van der Waals surface area contributed by atoms with Crippen molar-refractivity contribution in [3.05, 3.63) is 36.0 Å². The van der Waals surface area contributed by atoms with Crippen LogP contribution in [0.25, 0.3) is 10.9 Å². The fourth-order valence-corrected chi connectivity index (χ4v) is 1.66. The second kappa shape index (κ2) is 4.07. The third kappa shape index (κ3) is 1.63. The summed E-state index contributed by atoms with van der Waals surface area (Å²) in [4.78, 5) is 11.3. The van der Waals surface area contributed by atoms with Crippen molar-refractivity contribution in [2.24, 2.45) is 0 Å². The minimum Gasteiger partial charge on any atom is -0.465 e. The molecule has 0 N–H and O–H groups in total. The zero-order valence-corrected chi connectivity index (χ0v) is 8.80. The second-order valence-electron chi connectivity index (χ2n) is 3.37. The van der Waals surface area contributed by atoms with Gasteiger partial charge >= 0.3 is 5.97 Å². The molecular formula is C12H10N2O2. The Kier molecular flexibility index (Phi) is 2.61. The van der Waals surface area contributed by atoms with Crippen LogP contribution in [0, 0.1) is 11.3 Å². The van der Waals surface area contributed by atoms with Gasteiger partial charge in [0.2, 0.25) is 0 Å². The first-order valence-corrected chi connectivity index (χ1v) is 4.80. The summed E-state index contributed by atoms with van der Waals surface area (Å²) in [6.45, 7) is 0.307. The Labute approximate surface area is 92.7 Å². The van der Waals surface area contributed by atoms with E-state index in [-0.39, 0.29) is 5.97 Å². The number of hydrogen-bond acceptors (Lipinski definition) is 3. The van der Waals surface area contributed by atoms with E-state index in [9.17, 15) is 4.79 Å². The first-order valence-electron chi connectivity index (χ1n) is 4.80. The highest BCUT2D eigenvalue weighted by Crippen LogP contribution is 2.18. The molecule has 0 aliphatic carbocycles. The Balaban J connectivity index is 2.49. The minimum absolute atomic E-state index is 0.307. The number of carbonyl (C=O) groups is 1. The fraction of sp³-hybridized carbons (Fsp3) is 0.167. The SMILES string of the molecule is COC(=O)c1ccc2c(ccn2CC#N)c1. The van der Waals surface area contributed by atoms with Crippen LogP contribution in [0.4, 0.5) is 0 Å². The number of nitriles is 1. The predicted octanol–water partition coefficient (Wildman–Crippen LogP) is 1.95. The zero-order chi connectivity index (χ0) is 11.5. The van der Waals surface area contributed by atoms with Gasteiger partial charge in [-0.1, -0.05) is 0 Å². The normalized spacial score (nSPS) is 10.0. The van der Waals surface area contributed by atoms with Crippen molar-refractivity contribution in [3.63, 3.8) is 0 Å². The maximum atomic E-state index is 11.3. The van der Waals surface area contributed by atoms with Gasteiger partial charge in [-0.2, -0.15) is 5.26 Å². The molecule has 1 heterocycles. The van der Waals surface area contributed by atoms with Crippen LogP contribution in [-0.4, -0.2) is 17.6 Å². The Hall–Kier alpha value is -2.28. The Morgan fingerprint density at radius 1 is 1.50 bits per heavy atom. The van der Waals surface area contributed by atoms with E-state index in [4.69, 9.17) is 5.26 Å². The van der Waals surface area contributed by atoms with Crippen LogP contribution in [0.3, 0.4) is 0 Å². The molecule has 80 valence electrons. The van der Waals surface area contributed by atoms with Gasteiger partial charge in [-0.15, -0.1) is 0 Å². The second-order valence-corrected chi connectivity index (χ2v) is 3.37. The molecule has 1 aromatic heterocycles. The van der Waals surface area contributed by atoms with Crippen molar-refractivity contribution in [1.82, 2.24) is 4.57 Å². The summed E-state index contributed by atoms with van der Waals surface area (Å²) >= 11 is 0. The summed E-state index contributed by atoms with van der Waals surface area (Å²) in [5.74, 6) is -0.352. The topological polar surface area (TPSA) is 55.0 Å². The number of nitrogens with zero attached hydrogens (tertiary/aromatic N) is 2. The molecule has 4 heteroatoms. The maximum Gasteiger partial charge on any atom is 0.337 e. The standard InChI is InChI=1S/C12H10N2O2/c1-16-12(15)10-2-3-11-9(8-10)4-6-14(11)7-5-13/h2-4,6,8H,7H2,1H3. The molecule has 0 spiro atoms. The number of rotatable bonds is 2. The average molecular weight is 214 g/mol. The molecule has 0 bridgehead atoms. The molecule has 0 amide bonds. The summed E-state index contributed by atoms with van der Waals surface area (Å²) in [5, 5.41) is 9.56. The summed E-state index contributed by atoms with van der Waals surface area (Å²) in [5.41, 5.74) is 1.46. The molecule has 0 aliphatic heterocycles. The lowest BCUT2D eigenvalue weighted by Gasteiger charge is -2.01. The molecule has 16 heavy (non-hydrogen) atoms. The van der Waals surface area contributed by atoms with Crippen LogP contribution >= 0.6 is 0 Å². The monoisotopic (exact) mass is 214 g/mol. The number of carbonyl (C=O) groups excluding carboxylic acids is 1. The first kappa shape index (κ1) is 10.2. The summed E-state index contributed by atoms with van der Waals surface area (Å²) in [6.07, 6.45) is 1.83. The van der Waals surface area contributed by atoms with Gasteiger partial charge in [0.05, 0.1) is 18.7 Å². The number of methoxy groups -OCH3 is 1. The van der Waals surface area contributed by atoms with E-state index in [2.05, 4.69) is 10.8 Å². The van der Waals surface area contributed by atoms with Gasteiger partial charge in [0.15, 0.2) is 0 Å². The maximum absolute atomic E-state index is 11.3. The van der Waals surface area contributed by atoms with Gasteiger partial charge in [-0.3, -0.25) is 0 Å². The molecule has 0 saturated carbocycles. The van der Waals surface area contributed by atoms with E-state index in [1.165, 1.54) is 7.11 Å². The molecule has 0 unspecified atom stereocenters. The van der Waals surface area contributed by atoms with E-state index in [1.807, 2.05) is 22.9 Å². The molecule has 0 fully saturated rings. The number of hydrogen-bond donors (Lipinski definition) is 0. The molecule has 2 aromatic rings. The third-order valence-electron chi connectivity index (χ3n) is 2.43. The van der Waals surface area contributed by atoms with Gasteiger partial charge < -0.3 is 9.30 Å². The van der Waals surface area contributed by atoms with Crippen LogP contribution in [0.5, 0.6) is 0 Å². The lowest BCUT2D eigenvalue weighted by atomic mass is 10.1. The minimum atomic E-state index is -0.352. The van der Waals surface area contributed by atoms with Crippen molar-refractivity contribution in [2.75, 3.05) is 7.11 Å². The zero-order valence-electron chi connectivity index (χ0n) is 8.80. The lowest BCUT2D eigenvalue weighted by molar-refractivity contribution is 0.0601. The van der Waals surface area contributed by atoms with E-state index < -0.39 is 0 Å². The summed E-state index contributed by atoms with van der Waals surface area (Å²) < 4.78 is 6.47. The van der Waals surface area contributed by atoms with Gasteiger partial charge in [0, 0.05) is 17.1 Å². The summed E-state index contributed by atoms with van der Waals surface area (Å²) in [7, 11) is 1.35. The van der Waals surface area contributed by atoms with Gasteiger partial charge in [-0.25, -0.2) is 4.79 Å². The number of ether oxygens (including phenoxy) is 1. The van der Waals surface area contributed by atoms with Crippen molar-refractivity contribution in [1.29, 1.82) is 5.26 Å². The number of benzene rings is 1. The number of esters is 1. The van der Waals surface area contributed by atoms with Crippen LogP contribution in [-0.2, 0) is 11.3 Å². The number of aromatic nitrogens is 1. The van der Waals surface area contributed by atoms with Crippen LogP contribution < -0.4 is 0 Å². The molecule has 0 aliphatic rings. The van der Waals surface area contributed by atoms with Gasteiger partial charge in [0.25, 0.3) is 0 Å². The Bertz CT molecular complexity index is 578. The molecule has 2 rings (SSSR count). The van der Waals surface area contributed by atoms with Crippen molar-refractivity contribution in [3.8, 4) is 6.07 Å². The number of fused-ring (bicyclic) bond motifs is 1. The quantitative estimate of drug-likeness (QED) is 0.718. The van der Waals surface area contributed by atoms with Crippen LogP contribution in [0.1, 0.15) is 10.4 Å². The van der Waals surface area contributed by atoms with E-state index in [0.29, 0.717) is 12.1 Å². The third-order valence-corrected chi connectivity index (χ3v) is 2.43. The lowest BCUT2D eigenvalue weighted by Crippen LogP contribution is -2.00. The average Bonchev–Trinajstić information content (AvgIpc) is 2.71. The van der Waals surface area contributed by atoms with Crippen molar-refractivity contribution in [2.45, 2.75) is 6.54 Å². The summed E-state index contributed by atoms with van der Waals surface area (Å²) in [6, 6.07) is 9.23. The molecular weight excluding hydrogens is 204 g/mol. The molecule has 0 saturated heterocycles. The van der Waals surface area contributed by atoms with Crippen LogP contribution in [0.15, 0.2) is 30.5 Å². The van der Waals surface area contributed by atoms with Crippen LogP contribution in [0.2, 0.25) is 0 Å². The molecule has 4 nitrogen and oxygen atoms in total. The van der Waals surface area contributed by atoms with E-state index in [1.54, 1.807) is 12.1 Å². The molecule has 1 aromatic carbocycles. The Morgan fingerprint density at radius 2 is 2.31 bits per heavy atom. The predicted molar refractivity (Wildman–Crippen MR) is 58.9 cm³/mol. The smallest absolute Gasteiger partial charge is 0.337 e. The Morgan fingerprint density at radius 3 is 3.00 bits per heavy atom. The van der Waals surface area contributed by atoms with Gasteiger partial charge in [0.1, 0.15) is 6.54 Å². The fourth-order valence-electron chi connectivity index (χ4n) is 1.66. The van der Waals surface area contributed by atoms with Gasteiger partial charge in [-0.05, 0) is 24.3 Å². The molecule has 0 atom stereocenters. The van der Waals surface area contributed by atoms with E-state index in [0.717, 1.165) is 10.9 Å². The highest BCUT2D eigenvalue weighted by Gasteiger charge is 2.07.